The van der Waals surface area contributed by atoms with E-state index in [9.17, 15) is 9.59 Å². The predicted molar refractivity (Wildman–Crippen MR) is 63.7 cm³/mol. The fourth-order valence-corrected chi connectivity index (χ4v) is 1.75. The zero-order valence-corrected chi connectivity index (χ0v) is 10.7. The van der Waals surface area contributed by atoms with Gasteiger partial charge in [0, 0.05) is 20.2 Å². The monoisotopic (exact) mass is 243 g/mol. The zero-order valence-electron chi connectivity index (χ0n) is 10.7. The first-order valence-electron chi connectivity index (χ1n) is 5.89. The van der Waals surface area contributed by atoms with Crippen molar-refractivity contribution in [3.63, 3.8) is 0 Å². The van der Waals surface area contributed by atoms with Gasteiger partial charge in [0.25, 0.3) is 0 Å². The summed E-state index contributed by atoms with van der Waals surface area (Å²) in [5, 5.41) is 4.61. The third-order valence-corrected chi connectivity index (χ3v) is 3.02. The Morgan fingerprint density at radius 3 is 2.76 bits per heavy atom. The van der Waals surface area contributed by atoms with Gasteiger partial charge in [-0.05, 0) is 26.8 Å². The van der Waals surface area contributed by atoms with Crippen LogP contribution in [0.25, 0.3) is 0 Å². The molecular formula is C11H21N3O3. The van der Waals surface area contributed by atoms with Crippen LogP contribution in [0.15, 0.2) is 0 Å². The molecule has 2 atom stereocenters. The van der Waals surface area contributed by atoms with Gasteiger partial charge in [0.05, 0.1) is 12.1 Å². The van der Waals surface area contributed by atoms with Gasteiger partial charge in [-0.25, -0.2) is 4.79 Å². The van der Waals surface area contributed by atoms with Crippen LogP contribution in [0.2, 0.25) is 0 Å². The Hall–Kier alpha value is -1.14. The second-order valence-electron chi connectivity index (χ2n) is 4.32. The largest absolute Gasteiger partial charge is 0.377 e. The van der Waals surface area contributed by atoms with Gasteiger partial charge >= 0.3 is 6.03 Å². The van der Waals surface area contributed by atoms with Crippen molar-refractivity contribution in [3.05, 3.63) is 0 Å². The summed E-state index contributed by atoms with van der Waals surface area (Å²) in [5.74, 6) is -0.301. The molecule has 1 saturated heterocycles. The molecular weight excluding hydrogens is 222 g/mol. The molecule has 0 aliphatic carbocycles. The molecule has 0 aromatic rings. The number of carbonyl (C=O) groups is 2. The standard InChI is InChI=1S/C11H21N3O3/c1-8(10(15)13-11(16)12-2)14(3)7-9-5-4-6-17-9/h8-9H,4-7H2,1-3H3,(H2,12,13,15,16)/t8-,9+/m1/s1. The van der Waals surface area contributed by atoms with E-state index < -0.39 is 6.03 Å². The minimum absolute atomic E-state index is 0.204. The molecule has 0 spiro atoms. The summed E-state index contributed by atoms with van der Waals surface area (Å²) >= 11 is 0. The summed E-state index contributed by atoms with van der Waals surface area (Å²) in [6.07, 6.45) is 2.32. The number of rotatable bonds is 4. The van der Waals surface area contributed by atoms with E-state index in [1.807, 2.05) is 11.9 Å². The fraction of sp³-hybridized carbons (Fsp3) is 0.818. The van der Waals surface area contributed by atoms with Crippen LogP contribution < -0.4 is 10.6 Å². The molecule has 17 heavy (non-hydrogen) atoms. The van der Waals surface area contributed by atoms with Gasteiger partial charge in [-0.2, -0.15) is 0 Å². The van der Waals surface area contributed by atoms with Crippen LogP contribution in [-0.4, -0.2) is 56.2 Å². The third kappa shape index (κ3) is 4.32. The number of hydrogen-bond acceptors (Lipinski definition) is 4. The maximum Gasteiger partial charge on any atom is 0.321 e. The summed E-state index contributed by atoms with van der Waals surface area (Å²) in [6, 6.07) is -0.830. The average molecular weight is 243 g/mol. The van der Waals surface area contributed by atoms with E-state index in [2.05, 4.69) is 10.6 Å². The Labute approximate surface area is 102 Å². The average Bonchev–Trinajstić information content (AvgIpc) is 2.80. The normalized spacial score (nSPS) is 21.3. The van der Waals surface area contributed by atoms with Crippen molar-refractivity contribution in [1.82, 2.24) is 15.5 Å². The van der Waals surface area contributed by atoms with Gasteiger partial charge in [-0.3, -0.25) is 15.0 Å². The van der Waals surface area contributed by atoms with E-state index in [0.717, 1.165) is 19.4 Å². The van der Waals surface area contributed by atoms with E-state index in [4.69, 9.17) is 4.74 Å². The van der Waals surface area contributed by atoms with E-state index in [1.54, 1.807) is 6.92 Å². The maximum absolute atomic E-state index is 11.7. The molecule has 6 heteroatoms. The predicted octanol–water partition coefficient (Wildman–Crippen LogP) is -0.0587. The molecule has 6 nitrogen and oxygen atoms in total. The van der Waals surface area contributed by atoms with Crippen LogP contribution in [-0.2, 0) is 9.53 Å². The van der Waals surface area contributed by atoms with Crippen LogP contribution in [0.5, 0.6) is 0 Å². The first-order valence-corrected chi connectivity index (χ1v) is 5.89. The van der Waals surface area contributed by atoms with Crippen LogP contribution in [0.1, 0.15) is 19.8 Å². The highest BCUT2D eigenvalue weighted by Crippen LogP contribution is 2.13. The van der Waals surface area contributed by atoms with Gasteiger partial charge in [0.1, 0.15) is 0 Å². The number of likely N-dealkylation sites (N-methyl/N-ethyl adjacent to an activating group) is 1. The van der Waals surface area contributed by atoms with Crippen molar-refractivity contribution in [3.8, 4) is 0 Å². The van der Waals surface area contributed by atoms with Gasteiger partial charge < -0.3 is 10.1 Å². The zero-order chi connectivity index (χ0) is 12.8. The van der Waals surface area contributed by atoms with E-state index in [0.29, 0.717) is 6.54 Å². The highest BCUT2D eigenvalue weighted by Gasteiger charge is 2.24. The Morgan fingerprint density at radius 1 is 1.53 bits per heavy atom. The molecule has 1 fully saturated rings. The molecule has 3 amide bonds. The molecule has 0 aromatic heterocycles. The summed E-state index contributed by atoms with van der Waals surface area (Å²) < 4.78 is 5.50. The lowest BCUT2D eigenvalue weighted by atomic mass is 10.2. The van der Waals surface area contributed by atoms with Crippen molar-refractivity contribution in [1.29, 1.82) is 0 Å². The number of nitrogens with zero attached hydrogens (tertiary/aromatic N) is 1. The van der Waals surface area contributed by atoms with Crippen molar-refractivity contribution < 1.29 is 14.3 Å². The molecule has 0 saturated carbocycles. The summed E-state index contributed by atoms with van der Waals surface area (Å²) in [4.78, 5) is 24.6. The van der Waals surface area contributed by atoms with E-state index >= 15 is 0 Å². The second kappa shape index (κ2) is 6.56. The summed E-state index contributed by atoms with van der Waals surface area (Å²) in [7, 11) is 3.33. The highest BCUT2D eigenvalue weighted by atomic mass is 16.5. The number of nitrogens with one attached hydrogen (secondary N) is 2. The van der Waals surface area contributed by atoms with Gasteiger partial charge in [-0.1, -0.05) is 0 Å². The van der Waals surface area contributed by atoms with Gasteiger partial charge in [-0.15, -0.1) is 0 Å². The Morgan fingerprint density at radius 2 is 2.24 bits per heavy atom. The van der Waals surface area contributed by atoms with Crippen LogP contribution in [0.3, 0.4) is 0 Å². The molecule has 1 aliphatic heterocycles. The van der Waals surface area contributed by atoms with Crippen molar-refractivity contribution in [2.45, 2.75) is 31.9 Å². The van der Waals surface area contributed by atoms with Crippen LogP contribution >= 0.6 is 0 Å². The first kappa shape index (κ1) is 13.9. The minimum Gasteiger partial charge on any atom is -0.377 e. The minimum atomic E-state index is -0.479. The smallest absolute Gasteiger partial charge is 0.321 e. The number of ether oxygens (including phenoxy) is 1. The fourth-order valence-electron chi connectivity index (χ4n) is 1.75. The highest BCUT2D eigenvalue weighted by molar-refractivity contribution is 5.96. The SMILES string of the molecule is CNC(=O)NC(=O)[C@@H](C)N(C)C[C@@H]1CCCO1. The lowest BCUT2D eigenvalue weighted by Crippen LogP contribution is -2.49. The van der Waals surface area contributed by atoms with Crippen LogP contribution in [0, 0.1) is 0 Å². The summed E-state index contributed by atoms with van der Waals surface area (Å²) in [5.41, 5.74) is 0. The number of carbonyl (C=O) groups excluding carboxylic acids is 2. The lowest BCUT2D eigenvalue weighted by Gasteiger charge is -2.25. The quantitative estimate of drug-likeness (QED) is 0.726. The number of urea groups is 1. The molecule has 0 unspecified atom stereocenters. The van der Waals surface area contributed by atoms with E-state index in [1.165, 1.54) is 7.05 Å². The van der Waals surface area contributed by atoms with Crippen molar-refractivity contribution in [2.24, 2.45) is 0 Å². The van der Waals surface area contributed by atoms with Crippen LogP contribution in [0.4, 0.5) is 4.79 Å². The Balaban J connectivity index is 2.36. The van der Waals surface area contributed by atoms with E-state index in [-0.39, 0.29) is 18.1 Å². The number of hydrogen-bond donors (Lipinski definition) is 2. The Bertz CT molecular complexity index is 277. The Kier molecular flexibility index (Phi) is 5.37. The first-order chi connectivity index (χ1) is 8.04. The molecule has 0 aromatic carbocycles. The molecule has 0 radical (unpaired) electrons. The third-order valence-electron chi connectivity index (χ3n) is 3.02. The maximum atomic E-state index is 11.7. The molecule has 0 bridgehead atoms. The van der Waals surface area contributed by atoms with Gasteiger partial charge in [0.2, 0.25) is 5.91 Å². The molecule has 98 valence electrons. The summed E-state index contributed by atoms with van der Waals surface area (Å²) in [6.45, 7) is 3.28. The topological polar surface area (TPSA) is 70.7 Å². The van der Waals surface area contributed by atoms with Gasteiger partial charge in [0.15, 0.2) is 0 Å². The molecule has 1 aliphatic rings. The molecule has 2 N–H and O–H groups in total. The van der Waals surface area contributed by atoms with Crippen molar-refractivity contribution in [2.75, 3.05) is 27.2 Å². The second-order valence-corrected chi connectivity index (χ2v) is 4.32. The molecule has 1 rings (SSSR count). The molecule has 1 heterocycles. The number of amides is 3. The van der Waals surface area contributed by atoms with Crippen molar-refractivity contribution >= 4 is 11.9 Å². The number of imide groups is 1. The lowest BCUT2D eigenvalue weighted by molar-refractivity contribution is -0.124.